The van der Waals surface area contributed by atoms with E-state index in [1.54, 1.807) is 11.8 Å². The molecule has 5 nitrogen and oxygen atoms in total. The Labute approximate surface area is 157 Å². The summed E-state index contributed by atoms with van der Waals surface area (Å²) in [5.74, 6) is 2.13. The molecule has 0 aromatic heterocycles. The van der Waals surface area contributed by atoms with Crippen LogP contribution in [-0.2, 0) is 10.5 Å². The fraction of sp³-hybridized carbons (Fsp3) is 0.300. The zero-order chi connectivity index (χ0) is 18.4. The fourth-order valence-corrected chi connectivity index (χ4v) is 3.27. The predicted molar refractivity (Wildman–Crippen MR) is 105 cm³/mol. The maximum atomic E-state index is 12.2. The number of ether oxygens (including phenoxy) is 2. The molecule has 26 heavy (non-hydrogen) atoms. The predicted octanol–water partition coefficient (Wildman–Crippen LogP) is 3.62. The lowest BCUT2D eigenvalue weighted by Crippen LogP contribution is -2.27. The third-order valence-corrected chi connectivity index (χ3v) is 5.22. The molecule has 1 heterocycles. The van der Waals surface area contributed by atoms with Crippen LogP contribution in [0.1, 0.15) is 25.0 Å². The van der Waals surface area contributed by atoms with Crippen LogP contribution in [0.3, 0.4) is 0 Å². The van der Waals surface area contributed by atoms with Crippen molar-refractivity contribution in [2.45, 2.75) is 24.9 Å². The van der Waals surface area contributed by atoms with Crippen LogP contribution in [0.25, 0.3) is 0 Å². The van der Waals surface area contributed by atoms with Gasteiger partial charge in [0.05, 0.1) is 11.0 Å². The van der Waals surface area contributed by atoms with Gasteiger partial charge in [-0.3, -0.25) is 4.79 Å². The standard InChI is InChI=1S/C20H22N2O3S/c1-14(17-8-9-18-19(12-17)25-11-10-24-18)21-22-20(23)15(2)26-13-16-6-4-3-5-7-16/h3-9,12,15H,10-11,13H2,1-2H3,(H,22,23)/b21-14-/t15-/m0/s1. The number of fused-ring (bicyclic) bond motifs is 1. The zero-order valence-electron chi connectivity index (χ0n) is 14.9. The maximum absolute atomic E-state index is 12.2. The second-order valence-corrected chi connectivity index (χ2v) is 7.30. The molecule has 0 spiro atoms. The van der Waals surface area contributed by atoms with E-state index in [0.717, 1.165) is 22.8 Å². The minimum Gasteiger partial charge on any atom is -0.486 e. The Morgan fingerprint density at radius 2 is 1.88 bits per heavy atom. The Bertz CT molecular complexity index is 793. The molecule has 1 aliphatic heterocycles. The van der Waals surface area contributed by atoms with Crippen LogP contribution in [0.15, 0.2) is 53.6 Å². The van der Waals surface area contributed by atoms with Crippen molar-refractivity contribution in [3.8, 4) is 11.5 Å². The molecule has 0 bridgehead atoms. The first-order valence-corrected chi connectivity index (χ1v) is 9.58. The van der Waals surface area contributed by atoms with Crippen LogP contribution in [0.2, 0.25) is 0 Å². The summed E-state index contributed by atoms with van der Waals surface area (Å²) in [6.45, 7) is 4.85. The fourth-order valence-electron chi connectivity index (χ4n) is 2.43. The molecule has 3 rings (SSSR count). The van der Waals surface area contributed by atoms with Crippen LogP contribution >= 0.6 is 11.8 Å². The van der Waals surface area contributed by atoms with E-state index >= 15 is 0 Å². The lowest BCUT2D eigenvalue weighted by Gasteiger charge is -2.18. The van der Waals surface area contributed by atoms with Crippen LogP contribution in [-0.4, -0.2) is 30.1 Å². The Kier molecular flexibility index (Phi) is 6.17. The third-order valence-electron chi connectivity index (χ3n) is 4.01. The number of hydrogen-bond acceptors (Lipinski definition) is 5. The number of nitrogens with zero attached hydrogens (tertiary/aromatic N) is 1. The van der Waals surface area contributed by atoms with Crippen molar-refractivity contribution in [1.29, 1.82) is 0 Å². The number of carbonyl (C=O) groups is 1. The number of benzene rings is 2. The molecule has 0 unspecified atom stereocenters. The monoisotopic (exact) mass is 370 g/mol. The number of nitrogens with one attached hydrogen (secondary N) is 1. The average Bonchev–Trinajstić information content (AvgIpc) is 2.70. The molecule has 0 aliphatic carbocycles. The van der Waals surface area contributed by atoms with E-state index in [-0.39, 0.29) is 11.2 Å². The summed E-state index contributed by atoms with van der Waals surface area (Å²) in [7, 11) is 0. The van der Waals surface area contributed by atoms with E-state index in [9.17, 15) is 4.79 Å². The smallest absolute Gasteiger partial charge is 0.252 e. The van der Waals surface area contributed by atoms with Crippen LogP contribution in [0, 0.1) is 0 Å². The molecule has 1 aliphatic rings. The second kappa shape index (κ2) is 8.76. The number of hydrogen-bond donors (Lipinski definition) is 1. The van der Waals surface area contributed by atoms with Crippen LogP contribution in [0.5, 0.6) is 11.5 Å². The number of amides is 1. The summed E-state index contributed by atoms with van der Waals surface area (Å²) in [4.78, 5) is 12.2. The van der Waals surface area contributed by atoms with E-state index in [1.165, 1.54) is 5.56 Å². The van der Waals surface area contributed by atoms with Gasteiger partial charge in [-0.2, -0.15) is 5.10 Å². The van der Waals surface area contributed by atoms with Gasteiger partial charge in [-0.05, 0) is 37.6 Å². The molecule has 0 fully saturated rings. The van der Waals surface area contributed by atoms with E-state index in [1.807, 2.05) is 50.2 Å². The van der Waals surface area contributed by atoms with Crippen molar-refractivity contribution < 1.29 is 14.3 Å². The Balaban J connectivity index is 1.55. The van der Waals surface area contributed by atoms with Gasteiger partial charge >= 0.3 is 0 Å². The lowest BCUT2D eigenvalue weighted by atomic mass is 10.1. The van der Waals surface area contributed by atoms with E-state index < -0.39 is 0 Å². The van der Waals surface area contributed by atoms with Crippen LogP contribution < -0.4 is 14.9 Å². The van der Waals surface area contributed by atoms with Gasteiger partial charge in [-0.1, -0.05) is 30.3 Å². The van der Waals surface area contributed by atoms with Crippen molar-refractivity contribution in [2.75, 3.05) is 13.2 Å². The van der Waals surface area contributed by atoms with Gasteiger partial charge in [0.2, 0.25) is 0 Å². The molecule has 2 aromatic rings. The Morgan fingerprint density at radius 1 is 1.15 bits per heavy atom. The van der Waals surface area contributed by atoms with Crippen molar-refractivity contribution in [3.05, 3.63) is 59.7 Å². The average molecular weight is 370 g/mol. The highest BCUT2D eigenvalue weighted by Gasteiger charge is 2.15. The second-order valence-electron chi connectivity index (χ2n) is 5.97. The van der Waals surface area contributed by atoms with Gasteiger partial charge in [0.25, 0.3) is 5.91 Å². The first-order chi connectivity index (χ1) is 12.6. The van der Waals surface area contributed by atoms with E-state index in [4.69, 9.17) is 9.47 Å². The van der Waals surface area contributed by atoms with Gasteiger partial charge in [-0.25, -0.2) is 5.43 Å². The minimum absolute atomic E-state index is 0.108. The topological polar surface area (TPSA) is 59.9 Å². The third kappa shape index (κ3) is 4.79. The molecule has 0 saturated heterocycles. The summed E-state index contributed by atoms with van der Waals surface area (Å²) < 4.78 is 11.1. The molecule has 1 atom stereocenters. The molecule has 1 amide bonds. The highest BCUT2D eigenvalue weighted by atomic mass is 32.2. The SMILES string of the molecule is C/C(=N/NC(=O)[C@H](C)SCc1ccccc1)c1ccc2c(c1)OCCO2. The van der Waals surface area contributed by atoms with Crippen molar-refractivity contribution in [2.24, 2.45) is 5.10 Å². The van der Waals surface area contributed by atoms with Gasteiger partial charge in [0.15, 0.2) is 11.5 Å². The Morgan fingerprint density at radius 3 is 2.65 bits per heavy atom. The number of thioether (sulfide) groups is 1. The molecule has 2 aromatic carbocycles. The molecule has 0 radical (unpaired) electrons. The molecule has 1 N–H and O–H groups in total. The summed E-state index contributed by atoms with van der Waals surface area (Å²) in [6.07, 6.45) is 0. The molecule has 6 heteroatoms. The maximum Gasteiger partial charge on any atom is 0.252 e. The molecular formula is C20H22N2O3S. The Hall–Kier alpha value is -2.47. The van der Waals surface area contributed by atoms with Crippen molar-refractivity contribution >= 4 is 23.4 Å². The highest BCUT2D eigenvalue weighted by Crippen LogP contribution is 2.30. The minimum atomic E-state index is -0.188. The molecule has 136 valence electrons. The van der Waals surface area contributed by atoms with Gasteiger partial charge in [-0.15, -0.1) is 11.8 Å². The van der Waals surface area contributed by atoms with Gasteiger partial charge in [0, 0.05) is 11.3 Å². The van der Waals surface area contributed by atoms with Gasteiger partial charge in [0.1, 0.15) is 13.2 Å². The first kappa shape index (κ1) is 18.3. The highest BCUT2D eigenvalue weighted by molar-refractivity contribution is 7.99. The number of carbonyl (C=O) groups excluding carboxylic acids is 1. The van der Waals surface area contributed by atoms with Gasteiger partial charge < -0.3 is 9.47 Å². The molecular weight excluding hydrogens is 348 g/mol. The van der Waals surface area contributed by atoms with E-state index in [2.05, 4.69) is 22.7 Å². The van der Waals surface area contributed by atoms with Crippen LogP contribution in [0.4, 0.5) is 0 Å². The summed E-state index contributed by atoms with van der Waals surface area (Å²) in [5.41, 5.74) is 5.46. The molecule has 0 saturated carbocycles. The van der Waals surface area contributed by atoms with Crippen molar-refractivity contribution in [1.82, 2.24) is 5.43 Å². The van der Waals surface area contributed by atoms with Crippen molar-refractivity contribution in [3.63, 3.8) is 0 Å². The summed E-state index contributed by atoms with van der Waals surface area (Å²) in [5, 5.41) is 4.04. The number of rotatable bonds is 6. The summed E-state index contributed by atoms with van der Waals surface area (Å²) in [6, 6.07) is 15.8. The number of hydrazone groups is 1. The summed E-state index contributed by atoms with van der Waals surface area (Å²) >= 11 is 1.59. The van der Waals surface area contributed by atoms with E-state index in [0.29, 0.717) is 19.0 Å². The quantitative estimate of drug-likeness (QED) is 0.623. The first-order valence-electron chi connectivity index (χ1n) is 8.53. The normalized spacial score (nSPS) is 14.6. The lowest BCUT2D eigenvalue weighted by molar-refractivity contribution is -0.120. The zero-order valence-corrected chi connectivity index (χ0v) is 15.7. The largest absolute Gasteiger partial charge is 0.486 e.